The van der Waals surface area contributed by atoms with Gasteiger partial charge < -0.3 is 9.73 Å². The summed E-state index contributed by atoms with van der Waals surface area (Å²) >= 11 is 8.12. The van der Waals surface area contributed by atoms with Crippen LogP contribution >= 0.6 is 43.2 Å². The normalized spacial score (nSPS) is 11.4. The zero-order valence-corrected chi connectivity index (χ0v) is 18.6. The first-order chi connectivity index (χ1) is 14.0. The third-order valence-corrected chi connectivity index (χ3v) is 5.90. The first kappa shape index (κ1) is 19.6. The molecule has 142 valence electrons. The number of allylic oxidation sites excluding steroid dienone is 1. The summed E-state index contributed by atoms with van der Waals surface area (Å²) in [7, 11) is 0. The van der Waals surface area contributed by atoms with Crippen molar-refractivity contribution in [3.8, 4) is 17.3 Å². The lowest BCUT2D eigenvalue weighted by Gasteiger charge is -2.02. The van der Waals surface area contributed by atoms with Gasteiger partial charge in [0.15, 0.2) is 0 Å². The van der Waals surface area contributed by atoms with Crippen molar-refractivity contribution in [1.82, 2.24) is 4.98 Å². The lowest BCUT2D eigenvalue weighted by Crippen LogP contribution is -2.03. The van der Waals surface area contributed by atoms with Gasteiger partial charge in [0.25, 0.3) is 0 Å². The minimum Gasteiger partial charge on any atom is -0.422 e. The molecule has 29 heavy (non-hydrogen) atoms. The van der Waals surface area contributed by atoms with Crippen molar-refractivity contribution < 1.29 is 4.42 Å². The molecule has 4 rings (SSSR count). The molecule has 0 fully saturated rings. The van der Waals surface area contributed by atoms with E-state index in [1.54, 1.807) is 23.7 Å². The largest absolute Gasteiger partial charge is 0.422 e. The predicted octanol–water partition coefficient (Wildman–Crippen LogP) is 6.42. The average Bonchev–Trinajstić information content (AvgIpc) is 3.18. The highest BCUT2D eigenvalue weighted by Crippen LogP contribution is 2.27. The van der Waals surface area contributed by atoms with E-state index in [4.69, 9.17) is 4.42 Å². The van der Waals surface area contributed by atoms with Crippen LogP contribution in [-0.2, 0) is 0 Å². The second-order valence-corrected chi connectivity index (χ2v) is 8.68. The van der Waals surface area contributed by atoms with Gasteiger partial charge in [0, 0.05) is 31.6 Å². The first-order valence-electron chi connectivity index (χ1n) is 8.35. The van der Waals surface area contributed by atoms with Gasteiger partial charge in [0.2, 0.25) is 0 Å². The second kappa shape index (κ2) is 8.33. The Bertz CT molecular complexity index is 1350. The summed E-state index contributed by atoms with van der Waals surface area (Å²) in [5.41, 5.74) is 2.08. The molecule has 4 aromatic rings. The lowest BCUT2D eigenvalue weighted by molar-refractivity contribution is 0.563. The highest BCUT2D eigenvalue weighted by atomic mass is 79.9. The molecule has 0 aliphatic carbocycles. The van der Waals surface area contributed by atoms with Gasteiger partial charge in [0.05, 0.1) is 11.3 Å². The molecule has 0 saturated heterocycles. The molecule has 2 aromatic heterocycles. The quantitative estimate of drug-likeness (QED) is 0.244. The van der Waals surface area contributed by atoms with E-state index >= 15 is 0 Å². The third kappa shape index (κ3) is 4.32. The molecule has 5 nitrogen and oxygen atoms in total. The zero-order chi connectivity index (χ0) is 20.4. The van der Waals surface area contributed by atoms with Crippen molar-refractivity contribution in [3.63, 3.8) is 0 Å². The van der Waals surface area contributed by atoms with Crippen LogP contribution in [0.25, 0.3) is 27.8 Å². The Balaban J connectivity index is 1.67. The summed E-state index contributed by atoms with van der Waals surface area (Å²) in [6.07, 6.45) is 1.60. The Kier molecular flexibility index (Phi) is 5.62. The van der Waals surface area contributed by atoms with Gasteiger partial charge in [-0.25, -0.2) is 9.78 Å². The number of nitriles is 1. The van der Waals surface area contributed by atoms with Crippen molar-refractivity contribution in [2.45, 2.75) is 0 Å². The fourth-order valence-electron chi connectivity index (χ4n) is 2.67. The number of hydrogen-bond donors (Lipinski definition) is 1. The fraction of sp³-hybridized carbons (Fsp3) is 0. The van der Waals surface area contributed by atoms with Gasteiger partial charge in [-0.2, -0.15) is 5.26 Å². The average molecular weight is 529 g/mol. The molecule has 2 heterocycles. The van der Waals surface area contributed by atoms with E-state index in [1.807, 2.05) is 36.4 Å². The maximum atomic E-state index is 12.4. The summed E-state index contributed by atoms with van der Waals surface area (Å²) in [5, 5.41) is 15.7. The van der Waals surface area contributed by atoms with Crippen molar-refractivity contribution in [1.29, 1.82) is 5.26 Å². The molecule has 1 N–H and O–H groups in total. The zero-order valence-electron chi connectivity index (χ0n) is 14.6. The Morgan fingerprint density at radius 2 is 2.00 bits per heavy atom. The van der Waals surface area contributed by atoms with Crippen molar-refractivity contribution in [2.75, 3.05) is 5.32 Å². The molecule has 0 bridgehead atoms. The number of rotatable bonds is 4. The maximum Gasteiger partial charge on any atom is 0.345 e. The summed E-state index contributed by atoms with van der Waals surface area (Å²) in [6.45, 7) is 0. The van der Waals surface area contributed by atoms with Crippen LogP contribution in [0.2, 0.25) is 0 Å². The molecular formula is C21H11Br2N3O2S. The van der Waals surface area contributed by atoms with E-state index in [9.17, 15) is 10.1 Å². The van der Waals surface area contributed by atoms with Gasteiger partial charge in [-0.15, -0.1) is 11.3 Å². The van der Waals surface area contributed by atoms with Crippen LogP contribution in [0.3, 0.4) is 0 Å². The molecule has 0 aliphatic heterocycles. The monoisotopic (exact) mass is 527 g/mol. The highest BCUT2D eigenvalue weighted by Gasteiger charge is 2.14. The topological polar surface area (TPSA) is 78.9 Å². The fourth-order valence-corrected chi connectivity index (χ4v) is 4.23. The lowest BCUT2D eigenvalue weighted by atomic mass is 10.1. The SMILES string of the molecule is N#C/C(=C\Nc1cccc(Br)c1)c1nc(-c2cc3cc(Br)ccc3oc2=O)cs1. The summed E-state index contributed by atoms with van der Waals surface area (Å²) in [5.74, 6) is 0. The van der Waals surface area contributed by atoms with E-state index in [-0.39, 0.29) is 0 Å². The van der Waals surface area contributed by atoms with Crippen LogP contribution in [0.5, 0.6) is 0 Å². The minimum atomic E-state index is -0.466. The smallest absolute Gasteiger partial charge is 0.345 e. The Morgan fingerprint density at radius 3 is 2.79 bits per heavy atom. The molecular weight excluding hydrogens is 518 g/mol. The van der Waals surface area contributed by atoms with Gasteiger partial charge >= 0.3 is 5.63 Å². The molecule has 0 amide bonds. The predicted molar refractivity (Wildman–Crippen MR) is 123 cm³/mol. The van der Waals surface area contributed by atoms with Crippen LogP contribution in [0.15, 0.2) is 78.3 Å². The highest BCUT2D eigenvalue weighted by molar-refractivity contribution is 9.10. The van der Waals surface area contributed by atoms with E-state index in [0.717, 1.165) is 20.0 Å². The number of aromatic nitrogens is 1. The summed E-state index contributed by atoms with van der Waals surface area (Å²) < 4.78 is 7.22. The molecule has 0 saturated carbocycles. The molecule has 0 unspecified atom stereocenters. The van der Waals surface area contributed by atoms with Gasteiger partial charge in [-0.05, 0) is 42.5 Å². The maximum absolute atomic E-state index is 12.4. The van der Waals surface area contributed by atoms with Gasteiger partial charge in [0.1, 0.15) is 22.2 Å². The number of nitrogens with one attached hydrogen (secondary N) is 1. The number of nitrogens with zero attached hydrogens (tertiary/aromatic N) is 2. The Morgan fingerprint density at radius 1 is 1.17 bits per heavy atom. The van der Waals surface area contributed by atoms with Crippen LogP contribution in [0, 0.1) is 11.3 Å². The number of hydrogen-bond acceptors (Lipinski definition) is 6. The minimum absolute atomic E-state index is 0.357. The van der Waals surface area contributed by atoms with Crippen molar-refractivity contribution >= 4 is 65.4 Å². The first-order valence-corrected chi connectivity index (χ1v) is 10.8. The molecule has 0 atom stereocenters. The summed E-state index contributed by atoms with van der Waals surface area (Å²) in [4.78, 5) is 16.9. The van der Waals surface area contributed by atoms with Crippen LogP contribution in [-0.4, -0.2) is 4.98 Å². The molecule has 8 heteroatoms. The summed E-state index contributed by atoms with van der Waals surface area (Å²) in [6, 6.07) is 16.9. The van der Waals surface area contributed by atoms with Crippen molar-refractivity contribution in [3.05, 3.63) is 84.5 Å². The van der Waals surface area contributed by atoms with Gasteiger partial charge in [-0.3, -0.25) is 0 Å². The van der Waals surface area contributed by atoms with E-state index in [1.165, 1.54) is 11.3 Å². The van der Waals surface area contributed by atoms with E-state index in [0.29, 0.717) is 27.4 Å². The molecule has 2 aromatic carbocycles. The Labute approximate surface area is 186 Å². The van der Waals surface area contributed by atoms with E-state index in [2.05, 4.69) is 48.2 Å². The number of benzene rings is 2. The van der Waals surface area contributed by atoms with Crippen molar-refractivity contribution in [2.24, 2.45) is 0 Å². The number of halogens is 2. The van der Waals surface area contributed by atoms with E-state index < -0.39 is 5.63 Å². The van der Waals surface area contributed by atoms with Crippen LogP contribution in [0.4, 0.5) is 5.69 Å². The third-order valence-electron chi connectivity index (χ3n) is 4.03. The molecule has 0 aliphatic rings. The number of thiazole rings is 1. The second-order valence-electron chi connectivity index (χ2n) is 5.99. The standard InChI is InChI=1S/C21H11Br2N3O2S/c22-14-2-1-3-16(8-14)25-10-13(9-24)20-26-18(11-29-20)17-7-12-6-15(23)4-5-19(12)28-21(17)27/h1-8,10-11,25H/b13-10+. The van der Waals surface area contributed by atoms with Crippen LogP contribution < -0.4 is 10.9 Å². The molecule has 0 radical (unpaired) electrons. The molecule has 0 spiro atoms. The van der Waals surface area contributed by atoms with Crippen LogP contribution in [0.1, 0.15) is 5.01 Å². The number of fused-ring (bicyclic) bond motifs is 1. The van der Waals surface area contributed by atoms with Gasteiger partial charge in [-0.1, -0.05) is 37.9 Å². The number of anilines is 1. The Hall–Kier alpha value is -2.73.